The molecule has 0 radical (unpaired) electrons. The second kappa shape index (κ2) is 9.20. The lowest BCUT2D eigenvalue weighted by molar-refractivity contribution is -0.132. The fraction of sp³-hybridized carbons (Fsp3) is 0.148. The first-order chi connectivity index (χ1) is 16.3. The van der Waals surface area contributed by atoms with Crippen LogP contribution < -0.4 is 9.64 Å². The van der Waals surface area contributed by atoms with Crippen LogP contribution in [0, 0.1) is 17.1 Å². The van der Waals surface area contributed by atoms with Crippen LogP contribution in [-0.4, -0.2) is 22.9 Å². The van der Waals surface area contributed by atoms with Crippen LogP contribution in [0.3, 0.4) is 0 Å². The Labute approximate surface area is 196 Å². The van der Waals surface area contributed by atoms with Gasteiger partial charge in [-0.3, -0.25) is 14.5 Å². The first kappa shape index (κ1) is 22.7. The number of amides is 1. The summed E-state index contributed by atoms with van der Waals surface area (Å²) >= 11 is 0. The number of hydrogen-bond donors (Lipinski definition) is 1. The number of nitriles is 1. The van der Waals surface area contributed by atoms with Crippen LogP contribution in [0.4, 0.5) is 10.1 Å². The molecule has 4 rings (SSSR count). The van der Waals surface area contributed by atoms with Crippen LogP contribution >= 0.6 is 0 Å². The Morgan fingerprint density at radius 2 is 1.76 bits per heavy atom. The normalized spacial score (nSPS) is 17.1. The molecular weight excluding hydrogens is 435 g/mol. The molecule has 3 aromatic carbocycles. The molecule has 7 heteroatoms. The highest BCUT2D eigenvalue weighted by Crippen LogP contribution is 2.43. The summed E-state index contributed by atoms with van der Waals surface area (Å²) in [4.78, 5) is 27.4. The number of anilines is 1. The maximum absolute atomic E-state index is 14.9. The summed E-state index contributed by atoms with van der Waals surface area (Å²) in [5, 5.41) is 20.3. The number of benzene rings is 3. The van der Waals surface area contributed by atoms with Gasteiger partial charge in [0.25, 0.3) is 11.7 Å². The summed E-state index contributed by atoms with van der Waals surface area (Å²) in [7, 11) is 0. The molecule has 6 nitrogen and oxygen atoms in total. The minimum atomic E-state index is -1.20. The van der Waals surface area contributed by atoms with Gasteiger partial charge in [-0.2, -0.15) is 5.26 Å². The lowest BCUT2D eigenvalue weighted by atomic mass is 9.94. The second-order valence-corrected chi connectivity index (χ2v) is 8.04. The first-order valence-electron chi connectivity index (χ1n) is 10.6. The van der Waals surface area contributed by atoms with E-state index < -0.39 is 29.3 Å². The van der Waals surface area contributed by atoms with Gasteiger partial charge in [0, 0.05) is 16.8 Å². The molecule has 1 unspecified atom stereocenters. The monoisotopic (exact) mass is 456 g/mol. The number of hydrogen-bond acceptors (Lipinski definition) is 5. The second-order valence-electron chi connectivity index (χ2n) is 8.04. The number of halogens is 1. The van der Waals surface area contributed by atoms with Crippen molar-refractivity contribution in [1.82, 2.24) is 0 Å². The maximum atomic E-state index is 14.9. The summed E-state index contributed by atoms with van der Waals surface area (Å²) < 4.78 is 20.6. The largest absolute Gasteiger partial charge is 0.507 e. The highest BCUT2D eigenvalue weighted by molar-refractivity contribution is 6.51. The smallest absolute Gasteiger partial charge is 0.300 e. The Balaban J connectivity index is 1.92. The Hall–Kier alpha value is -4.44. The third-order valence-corrected chi connectivity index (χ3v) is 5.40. The fourth-order valence-electron chi connectivity index (χ4n) is 3.93. The van der Waals surface area contributed by atoms with E-state index >= 15 is 0 Å². The van der Waals surface area contributed by atoms with Crippen molar-refractivity contribution in [2.45, 2.75) is 26.0 Å². The van der Waals surface area contributed by atoms with Gasteiger partial charge >= 0.3 is 0 Å². The minimum absolute atomic E-state index is 0.0576. The van der Waals surface area contributed by atoms with Crippen molar-refractivity contribution in [3.63, 3.8) is 0 Å². The summed E-state index contributed by atoms with van der Waals surface area (Å²) in [6, 6.07) is 19.1. The Morgan fingerprint density at radius 1 is 1.06 bits per heavy atom. The van der Waals surface area contributed by atoms with Gasteiger partial charge in [-0.15, -0.1) is 0 Å². The molecule has 0 aliphatic carbocycles. The third-order valence-electron chi connectivity index (χ3n) is 5.40. The number of Topliss-reactive ketones (excluding diaryl/α,β-unsaturated/α-hetero) is 1. The number of aliphatic hydroxyl groups excluding tert-OH is 1. The van der Waals surface area contributed by atoms with E-state index in [1.807, 2.05) is 19.9 Å². The minimum Gasteiger partial charge on any atom is -0.507 e. The summed E-state index contributed by atoms with van der Waals surface area (Å²) in [5.74, 6) is -2.44. The number of ketones is 1. The van der Waals surface area contributed by atoms with Crippen molar-refractivity contribution in [2.24, 2.45) is 0 Å². The number of nitrogens with zero attached hydrogens (tertiary/aromatic N) is 2. The van der Waals surface area contributed by atoms with Crippen LogP contribution in [0.1, 0.15) is 36.6 Å². The fourth-order valence-corrected chi connectivity index (χ4v) is 3.93. The molecule has 34 heavy (non-hydrogen) atoms. The molecule has 1 heterocycles. The van der Waals surface area contributed by atoms with E-state index in [0.717, 1.165) is 4.90 Å². The lowest BCUT2D eigenvalue weighted by Crippen LogP contribution is -2.29. The zero-order valence-corrected chi connectivity index (χ0v) is 18.5. The molecule has 170 valence electrons. The average molecular weight is 456 g/mol. The van der Waals surface area contributed by atoms with Crippen molar-refractivity contribution < 1.29 is 23.8 Å². The summed E-state index contributed by atoms with van der Waals surface area (Å²) in [6.45, 7) is 3.71. The number of aliphatic hydroxyl groups is 1. The Kier molecular flexibility index (Phi) is 6.15. The molecule has 1 aliphatic heterocycles. The molecule has 0 spiro atoms. The van der Waals surface area contributed by atoms with Crippen molar-refractivity contribution in [3.8, 4) is 11.8 Å². The molecule has 1 N–H and O–H groups in total. The number of carbonyl (C=O) groups is 2. The van der Waals surface area contributed by atoms with Crippen molar-refractivity contribution in [3.05, 3.63) is 101 Å². The summed E-state index contributed by atoms with van der Waals surface area (Å²) in [5.41, 5.74) is 0.746. The van der Waals surface area contributed by atoms with Gasteiger partial charge in [0.2, 0.25) is 0 Å². The van der Waals surface area contributed by atoms with Crippen LogP contribution in [0.25, 0.3) is 5.76 Å². The van der Waals surface area contributed by atoms with E-state index in [4.69, 9.17) is 10.00 Å². The quantitative estimate of drug-likeness (QED) is 0.327. The van der Waals surface area contributed by atoms with Crippen molar-refractivity contribution in [1.29, 1.82) is 5.26 Å². The van der Waals surface area contributed by atoms with Gasteiger partial charge in [0.15, 0.2) is 0 Å². The lowest BCUT2D eigenvalue weighted by Gasteiger charge is -2.25. The van der Waals surface area contributed by atoms with Gasteiger partial charge in [0.1, 0.15) is 17.3 Å². The van der Waals surface area contributed by atoms with Gasteiger partial charge in [-0.25, -0.2) is 4.39 Å². The predicted octanol–water partition coefficient (Wildman–Crippen LogP) is 5.11. The van der Waals surface area contributed by atoms with E-state index in [2.05, 4.69) is 0 Å². The molecule has 1 fully saturated rings. The van der Waals surface area contributed by atoms with Crippen molar-refractivity contribution >= 4 is 23.1 Å². The molecule has 1 atom stereocenters. The topological polar surface area (TPSA) is 90.6 Å². The standard InChI is InChI=1S/C27H21FN2O4/c1-16(2)34-20-7-5-6-18(14-20)25(31)23-24(21-8-3-4-9-22(21)28)30(27(33)26(23)32)19-12-10-17(15-29)11-13-19/h3-14,16,24,31H,1-2H3/b25-23-. The van der Waals surface area contributed by atoms with E-state index in [0.29, 0.717) is 17.0 Å². The van der Waals surface area contributed by atoms with E-state index in [-0.39, 0.29) is 22.8 Å². The highest BCUT2D eigenvalue weighted by atomic mass is 19.1. The van der Waals surface area contributed by atoms with E-state index in [1.54, 1.807) is 30.3 Å². The molecule has 0 aromatic heterocycles. The zero-order chi connectivity index (χ0) is 24.4. The Bertz CT molecular complexity index is 1340. The molecule has 1 saturated heterocycles. The Morgan fingerprint density at radius 3 is 2.41 bits per heavy atom. The predicted molar refractivity (Wildman–Crippen MR) is 125 cm³/mol. The molecule has 1 amide bonds. The van der Waals surface area contributed by atoms with E-state index in [1.165, 1.54) is 42.5 Å². The molecule has 1 aliphatic rings. The number of rotatable bonds is 5. The maximum Gasteiger partial charge on any atom is 0.300 e. The third kappa shape index (κ3) is 4.14. The zero-order valence-electron chi connectivity index (χ0n) is 18.5. The van der Waals surface area contributed by atoms with Crippen LogP contribution in [-0.2, 0) is 9.59 Å². The summed E-state index contributed by atoms with van der Waals surface area (Å²) in [6.07, 6.45) is -0.113. The number of ether oxygens (including phenoxy) is 1. The average Bonchev–Trinajstić information content (AvgIpc) is 3.09. The van der Waals surface area contributed by atoms with Crippen LogP contribution in [0.2, 0.25) is 0 Å². The molecule has 0 bridgehead atoms. The molecular formula is C27H21FN2O4. The van der Waals surface area contributed by atoms with Gasteiger partial charge < -0.3 is 9.84 Å². The van der Waals surface area contributed by atoms with Gasteiger partial charge in [0.05, 0.1) is 29.4 Å². The molecule has 3 aromatic rings. The van der Waals surface area contributed by atoms with Crippen molar-refractivity contribution in [2.75, 3.05) is 4.90 Å². The van der Waals surface area contributed by atoms with Crippen LogP contribution in [0.15, 0.2) is 78.4 Å². The SMILES string of the molecule is CC(C)Oc1cccc(/C(O)=C2/C(=O)C(=O)N(c3ccc(C#N)cc3)C2c2ccccc2F)c1. The van der Waals surface area contributed by atoms with Crippen LogP contribution in [0.5, 0.6) is 5.75 Å². The highest BCUT2D eigenvalue weighted by Gasteiger charge is 2.47. The van der Waals surface area contributed by atoms with E-state index in [9.17, 15) is 19.1 Å². The number of carbonyl (C=O) groups excluding carboxylic acids is 2. The van der Waals surface area contributed by atoms with Gasteiger partial charge in [-0.1, -0.05) is 30.3 Å². The van der Waals surface area contributed by atoms with Gasteiger partial charge in [-0.05, 0) is 56.3 Å². The first-order valence-corrected chi connectivity index (χ1v) is 10.6. The molecule has 0 saturated carbocycles.